The summed E-state index contributed by atoms with van der Waals surface area (Å²) < 4.78 is 27.9. The second kappa shape index (κ2) is 5.44. The van der Waals surface area contributed by atoms with Crippen LogP contribution in [0.3, 0.4) is 0 Å². The Morgan fingerprint density at radius 1 is 1.29 bits per heavy atom. The Morgan fingerprint density at radius 2 is 2.07 bits per heavy atom. The molecule has 14 heavy (non-hydrogen) atoms. The van der Waals surface area contributed by atoms with Gasteiger partial charge in [-0.05, 0) is 19.1 Å². The predicted octanol–water partition coefficient (Wildman–Crippen LogP) is 2.21. The van der Waals surface area contributed by atoms with Crippen molar-refractivity contribution in [1.29, 1.82) is 0 Å². The Labute approximate surface area is 82.4 Å². The number of hydrogen-bond donors (Lipinski definition) is 0. The third-order valence-electron chi connectivity index (χ3n) is 1.63. The van der Waals surface area contributed by atoms with Gasteiger partial charge < -0.3 is 14.2 Å². The second-order valence-electron chi connectivity index (χ2n) is 2.55. The molecule has 3 nitrogen and oxygen atoms in total. The zero-order valence-corrected chi connectivity index (χ0v) is 8.25. The molecule has 1 rings (SSSR count). The van der Waals surface area contributed by atoms with Crippen molar-refractivity contribution < 1.29 is 18.6 Å². The van der Waals surface area contributed by atoms with Crippen LogP contribution < -0.4 is 9.47 Å². The van der Waals surface area contributed by atoms with E-state index in [0.29, 0.717) is 18.1 Å². The fraction of sp³-hybridized carbons (Fsp3) is 0.400. The maximum Gasteiger partial charge on any atom is 0.189 e. The molecule has 0 heterocycles. The maximum atomic E-state index is 12.8. The molecular weight excluding hydrogens is 187 g/mol. The fourth-order valence-corrected chi connectivity index (χ4v) is 0.949. The zero-order valence-electron chi connectivity index (χ0n) is 8.25. The van der Waals surface area contributed by atoms with Gasteiger partial charge in [-0.15, -0.1) is 0 Å². The minimum absolute atomic E-state index is 0.137. The van der Waals surface area contributed by atoms with Gasteiger partial charge in [0, 0.05) is 12.7 Å². The summed E-state index contributed by atoms with van der Waals surface area (Å²) >= 11 is 0. The summed E-state index contributed by atoms with van der Waals surface area (Å²) in [5.41, 5.74) is 0. The van der Waals surface area contributed by atoms with E-state index in [2.05, 4.69) is 0 Å². The smallest absolute Gasteiger partial charge is 0.189 e. The van der Waals surface area contributed by atoms with Crippen LogP contribution in [-0.2, 0) is 4.74 Å². The third kappa shape index (κ3) is 2.88. The van der Waals surface area contributed by atoms with E-state index in [-0.39, 0.29) is 12.6 Å². The normalized spacial score (nSPS) is 9.93. The first-order valence-corrected chi connectivity index (χ1v) is 4.32. The van der Waals surface area contributed by atoms with Gasteiger partial charge in [0.05, 0.1) is 7.11 Å². The second-order valence-corrected chi connectivity index (χ2v) is 2.55. The Morgan fingerprint density at radius 3 is 2.71 bits per heavy atom. The van der Waals surface area contributed by atoms with Gasteiger partial charge in [-0.25, -0.2) is 4.39 Å². The predicted molar refractivity (Wildman–Crippen MR) is 50.1 cm³/mol. The van der Waals surface area contributed by atoms with E-state index < -0.39 is 0 Å². The minimum Gasteiger partial charge on any atom is -0.493 e. The van der Waals surface area contributed by atoms with Crippen molar-refractivity contribution in [3.05, 3.63) is 24.0 Å². The molecule has 0 bridgehead atoms. The van der Waals surface area contributed by atoms with Crippen LogP contribution in [0.2, 0.25) is 0 Å². The number of benzene rings is 1. The van der Waals surface area contributed by atoms with Crippen LogP contribution in [0.4, 0.5) is 4.39 Å². The number of hydrogen-bond acceptors (Lipinski definition) is 3. The van der Waals surface area contributed by atoms with Gasteiger partial charge in [-0.1, -0.05) is 0 Å². The molecule has 0 saturated heterocycles. The van der Waals surface area contributed by atoms with Crippen molar-refractivity contribution in [2.75, 3.05) is 20.5 Å². The summed E-state index contributed by atoms with van der Waals surface area (Å²) in [5.74, 6) is 0.484. The number of ether oxygens (including phenoxy) is 3. The Hall–Kier alpha value is -1.29. The van der Waals surface area contributed by atoms with Crippen molar-refractivity contribution in [3.8, 4) is 11.5 Å². The highest BCUT2D eigenvalue weighted by Crippen LogP contribution is 2.27. The Kier molecular flexibility index (Phi) is 4.19. The molecule has 0 spiro atoms. The third-order valence-corrected chi connectivity index (χ3v) is 1.63. The molecule has 0 fully saturated rings. The molecule has 0 aromatic heterocycles. The quantitative estimate of drug-likeness (QED) is 0.538. The van der Waals surface area contributed by atoms with Crippen molar-refractivity contribution >= 4 is 0 Å². The minimum atomic E-state index is -0.356. The van der Waals surface area contributed by atoms with Gasteiger partial charge in [0.25, 0.3) is 0 Å². The number of rotatable bonds is 5. The molecule has 0 aliphatic rings. The monoisotopic (exact) mass is 200 g/mol. The first-order chi connectivity index (χ1) is 6.77. The SMILES string of the molecule is CCOCOc1ccc(F)cc1OC. The van der Waals surface area contributed by atoms with E-state index in [4.69, 9.17) is 14.2 Å². The molecule has 0 unspecified atom stereocenters. The highest BCUT2D eigenvalue weighted by molar-refractivity contribution is 5.39. The van der Waals surface area contributed by atoms with Crippen LogP contribution >= 0.6 is 0 Å². The van der Waals surface area contributed by atoms with E-state index in [1.807, 2.05) is 6.92 Å². The molecule has 0 radical (unpaired) electrons. The molecule has 1 aromatic carbocycles. The number of halogens is 1. The topological polar surface area (TPSA) is 27.7 Å². The summed E-state index contributed by atoms with van der Waals surface area (Å²) in [7, 11) is 1.46. The molecule has 0 N–H and O–H groups in total. The van der Waals surface area contributed by atoms with E-state index in [0.717, 1.165) is 0 Å². The summed E-state index contributed by atoms with van der Waals surface area (Å²) in [6.07, 6.45) is 0. The zero-order chi connectivity index (χ0) is 10.4. The first-order valence-electron chi connectivity index (χ1n) is 4.32. The highest BCUT2D eigenvalue weighted by atomic mass is 19.1. The summed E-state index contributed by atoms with van der Waals surface area (Å²) in [5, 5.41) is 0. The van der Waals surface area contributed by atoms with E-state index in [1.165, 1.54) is 25.3 Å². The molecule has 4 heteroatoms. The summed E-state index contributed by atoms with van der Waals surface area (Å²) in [6, 6.07) is 4.08. The maximum absolute atomic E-state index is 12.8. The lowest BCUT2D eigenvalue weighted by Gasteiger charge is -2.09. The Bertz CT molecular complexity index is 289. The van der Waals surface area contributed by atoms with Crippen molar-refractivity contribution in [1.82, 2.24) is 0 Å². The Balaban J connectivity index is 2.65. The first kappa shape index (κ1) is 10.8. The summed E-state index contributed by atoms with van der Waals surface area (Å²) in [6.45, 7) is 2.58. The molecule has 0 amide bonds. The molecule has 1 aromatic rings. The van der Waals surface area contributed by atoms with Crippen LogP contribution in [0.25, 0.3) is 0 Å². The van der Waals surface area contributed by atoms with E-state index in [1.54, 1.807) is 0 Å². The largest absolute Gasteiger partial charge is 0.493 e. The molecule has 0 aliphatic heterocycles. The van der Waals surface area contributed by atoms with Crippen LogP contribution in [0.5, 0.6) is 11.5 Å². The molecule has 0 saturated carbocycles. The lowest BCUT2D eigenvalue weighted by atomic mass is 10.3. The van der Waals surface area contributed by atoms with Crippen molar-refractivity contribution in [3.63, 3.8) is 0 Å². The van der Waals surface area contributed by atoms with Gasteiger partial charge in [-0.2, -0.15) is 0 Å². The van der Waals surface area contributed by atoms with Gasteiger partial charge in [0.1, 0.15) is 5.82 Å². The van der Waals surface area contributed by atoms with Gasteiger partial charge in [-0.3, -0.25) is 0 Å². The molecule has 0 aliphatic carbocycles. The van der Waals surface area contributed by atoms with Gasteiger partial charge in [0.15, 0.2) is 18.3 Å². The number of methoxy groups -OCH3 is 1. The van der Waals surface area contributed by atoms with Gasteiger partial charge in [0.2, 0.25) is 0 Å². The lowest BCUT2D eigenvalue weighted by Crippen LogP contribution is -2.03. The molecule has 0 atom stereocenters. The average Bonchev–Trinajstić information content (AvgIpc) is 2.20. The standard InChI is InChI=1S/C10H13FO3/c1-3-13-7-14-9-5-4-8(11)6-10(9)12-2/h4-6H,3,7H2,1-2H3. The van der Waals surface area contributed by atoms with E-state index in [9.17, 15) is 4.39 Å². The fourth-order valence-electron chi connectivity index (χ4n) is 0.949. The van der Waals surface area contributed by atoms with Crippen LogP contribution in [0.1, 0.15) is 6.92 Å². The van der Waals surface area contributed by atoms with E-state index >= 15 is 0 Å². The molecular formula is C10H13FO3. The molecule has 78 valence electrons. The van der Waals surface area contributed by atoms with Crippen molar-refractivity contribution in [2.24, 2.45) is 0 Å². The highest BCUT2D eigenvalue weighted by Gasteiger charge is 2.04. The average molecular weight is 200 g/mol. The van der Waals surface area contributed by atoms with Crippen LogP contribution in [0, 0.1) is 5.82 Å². The summed E-state index contributed by atoms with van der Waals surface area (Å²) in [4.78, 5) is 0. The lowest BCUT2D eigenvalue weighted by molar-refractivity contribution is 0.0208. The van der Waals surface area contributed by atoms with Gasteiger partial charge >= 0.3 is 0 Å². The van der Waals surface area contributed by atoms with Crippen LogP contribution in [0.15, 0.2) is 18.2 Å². The van der Waals surface area contributed by atoms with Crippen molar-refractivity contribution in [2.45, 2.75) is 6.92 Å². The van der Waals surface area contributed by atoms with Crippen LogP contribution in [-0.4, -0.2) is 20.5 Å².